The number of rotatable bonds is 9. The smallest absolute Gasteiger partial charge is 0.267 e. The molecule has 6 heteroatoms. The van der Waals surface area contributed by atoms with Crippen LogP contribution >= 0.6 is 23.6 Å². The molecular weight excluding hydrogens is 352 g/mol. The maximum Gasteiger partial charge on any atom is 0.267 e. The van der Waals surface area contributed by atoms with Crippen molar-refractivity contribution >= 4 is 40.3 Å². The Labute approximate surface area is 158 Å². The molecular formula is C19H24N2O2S2. The number of nitrogens with one attached hydrogen (secondary N) is 2. The molecule has 0 fully saturated rings. The molecule has 2 rings (SSSR count). The summed E-state index contributed by atoms with van der Waals surface area (Å²) in [5.41, 5.74) is 0.812. The summed E-state index contributed by atoms with van der Waals surface area (Å²) >= 11 is 6.55. The van der Waals surface area contributed by atoms with Crippen LogP contribution in [0.4, 0.5) is 5.69 Å². The average molecular weight is 377 g/mol. The number of thiophene rings is 1. The van der Waals surface area contributed by atoms with Crippen LogP contribution in [0.5, 0.6) is 5.75 Å². The van der Waals surface area contributed by atoms with Gasteiger partial charge in [-0.05, 0) is 54.4 Å². The molecule has 0 aliphatic rings. The number of anilines is 1. The first-order valence-corrected chi connectivity index (χ1v) is 9.86. The number of unbranched alkanes of at least 4 members (excludes halogenated alkanes) is 4. The standard InChI is InChI=1S/C19H24N2O2S2/c1-2-3-4-5-6-13-23-16-11-9-15(10-12-16)20-19(24)21-18(22)17-8-7-14-25-17/h7-12,14H,2-6,13H2,1H3,(H2,20,21,22,24). The van der Waals surface area contributed by atoms with Crippen LogP contribution < -0.4 is 15.4 Å². The number of carbonyl (C=O) groups excluding carboxylic acids is 1. The minimum absolute atomic E-state index is 0.199. The molecule has 0 unspecified atom stereocenters. The largest absolute Gasteiger partial charge is 0.494 e. The van der Waals surface area contributed by atoms with Crippen LogP contribution in [0.25, 0.3) is 0 Å². The first-order valence-electron chi connectivity index (χ1n) is 8.57. The van der Waals surface area contributed by atoms with Crippen molar-refractivity contribution in [3.8, 4) is 5.75 Å². The van der Waals surface area contributed by atoms with E-state index in [1.807, 2.05) is 35.7 Å². The first kappa shape index (κ1) is 19.4. The summed E-state index contributed by atoms with van der Waals surface area (Å²) in [6.07, 6.45) is 6.12. The number of benzene rings is 1. The zero-order chi connectivity index (χ0) is 17.9. The van der Waals surface area contributed by atoms with E-state index in [2.05, 4.69) is 17.6 Å². The van der Waals surface area contributed by atoms with Gasteiger partial charge in [-0.25, -0.2) is 0 Å². The zero-order valence-corrected chi connectivity index (χ0v) is 16.1. The highest BCUT2D eigenvalue weighted by Crippen LogP contribution is 2.16. The van der Waals surface area contributed by atoms with Gasteiger partial charge in [0.05, 0.1) is 11.5 Å². The Morgan fingerprint density at radius 1 is 1.12 bits per heavy atom. The Morgan fingerprint density at radius 2 is 1.88 bits per heavy atom. The van der Waals surface area contributed by atoms with Crippen LogP contribution in [0.3, 0.4) is 0 Å². The van der Waals surface area contributed by atoms with Crippen LogP contribution in [0, 0.1) is 0 Å². The Hall–Kier alpha value is -1.92. The summed E-state index contributed by atoms with van der Waals surface area (Å²) in [7, 11) is 0. The minimum atomic E-state index is -0.199. The van der Waals surface area contributed by atoms with Gasteiger partial charge in [0.25, 0.3) is 5.91 Å². The van der Waals surface area contributed by atoms with Gasteiger partial charge in [-0.15, -0.1) is 11.3 Å². The third-order valence-electron chi connectivity index (χ3n) is 3.60. The summed E-state index contributed by atoms with van der Waals surface area (Å²) < 4.78 is 5.73. The first-order chi connectivity index (χ1) is 12.2. The summed E-state index contributed by atoms with van der Waals surface area (Å²) in [5, 5.41) is 7.80. The van der Waals surface area contributed by atoms with Crippen molar-refractivity contribution in [1.82, 2.24) is 5.32 Å². The predicted octanol–water partition coefficient (Wildman–Crippen LogP) is 5.22. The molecule has 1 amide bonds. The summed E-state index contributed by atoms with van der Waals surface area (Å²) in [6.45, 7) is 2.96. The molecule has 0 saturated heterocycles. The van der Waals surface area contributed by atoms with E-state index in [1.54, 1.807) is 6.07 Å². The number of ether oxygens (including phenoxy) is 1. The van der Waals surface area contributed by atoms with Crippen LogP contribution in [0.1, 0.15) is 48.7 Å². The third-order valence-corrected chi connectivity index (χ3v) is 4.67. The number of amides is 1. The molecule has 25 heavy (non-hydrogen) atoms. The summed E-state index contributed by atoms with van der Waals surface area (Å²) in [4.78, 5) is 12.6. The Morgan fingerprint density at radius 3 is 2.56 bits per heavy atom. The quantitative estimate of drug-likeness (QED) is 0.465. The SMILES string of the molecule is CCCCCCCOc1ccc(NC(=S)NC(=O)c2cccs2)cc1. The summed E-state index contributed by atoms with van der Waals surface area (Å²) in [6, 6.07) is 11.2. The second-order valence-electron chi connectivity index (χ2n) is 5.67. The molecule has 0 atom stereocenters. The monoisotopic (exact) mass is 376 g/mol. The molecule has 2 aromatic rings. The van der Waals surface area contributed by atoms with Crippen LogP contribution in [-0.2, 0) is 0 Å². The van der Waals surface area contributed by atoms with E-state index in [-0.39, 0.29) is 11.0 Å². The average Bonchev–Trinajstić information content (AvgIpc) is 3.14. The molecule has 0 spiro atoms. The maximum atomic E-state index is 11.9. The third kappa shape index (κ3) is 7.23. The lowest BCUT2D eigenvalue weighted by Gasteiger charge is -2.10. The second-order valence-corrected chi connectivity index (χ2v) is 7.03. The van der Waals surface area contributed by atoms with Gasteiger partial charge in [0, 0.05) is 5.69 Å². The van der Waals surface area contributed by atoms with E-state index < -0.39 is 0 Å². The van der Waals surface area contributed by atoms with Crippen LogP contribution in [0.2, 0.25) is 0 Å². The van der Waals surface area contributed by atoms with E-state index in [0.717, 1.165) is 24.5 Å². The van der Waals surface area contributed by atoms with Gasteiger partial charge >= 0.3 is 0 Å². The molecule has 0 saturated carbocycles. The molecule has 0 radical (unpaired) electrons. The van der Waals surface area contributed by atoms with E-state index in [0.29, 0.717) is 4.88 Å². The van der Waals surface area contributed by atoms with Crippen molar-refractivity contribution in [2.24, 2.45) is 0 Å². The van der Waals surface area contributed by atoms with Crippen molar-refractivity contribution in [3.05, 3.63) is 46.7 Å². The topological polar surface area (TPSA) is 50.4 Å². The number of thiocarbonyl (C=S) groups is 1. The Balaban J connectivity index is 1.70. The molecule has 2 N–H and O–H groups in total. The van der Waals surface area contributed by atoms with Gasteiger partial charge < -0.3 is 10.1 Å². The molecule has 1 heterocycles. The van der Waals surface area contributed by atoms with Gasteiger partial charge in [-0.1, -0.05) is 38.7 Å². The number of carbonyl (C=O) groups is 1. The van der Waals surface area contributed by atoms with Crippen molar-refractivity contribution in [3.63, 3.8) is 0 Å². The molecule has 0 aliphatic heterocycles. The van der Waals surface area contributed by atoms with Gasteiger partial charge in [-0.3, -0.25) is 10.1 Å². The lowest BCUT2D eigenvalue weighted by atomic mass is 10.2. The highest BCUT2D eigenvalue weighted by molar-refractivity contribution is 7.80. The van der Waals surface area contributed by atoms with Gasteiger partial charge in [0.1, 0.15) is 5.75 Å². The minimum Gasteiger partial charge on any atom is -0.494 e. The predicted molar refractivity (Wildman–Crippen MR) is 109 cm³/mol. The van der Waals surface area contributed by atoms with Gasteiger partial charge in [0.2, 0.25) is 0 Å². The van der Waals surface area contributed by atoms with Crippen molar-refractivity contribution in [2.75, 3.05) is 11.9 Å². The lowest BCUT2D eigenvalue weighted by molar-refractivity contribution is 0.0981. The maximum absolute atomic E-state index is 11.9. The molecule has 134 valence electrons. The fourth-order valence-electron chi connectivity index (χ4n) is 2.26. The van der Waals surface area contributed by atoms with E-state index in [9.17, 15) is 4.79 Å². The normalized spacial score (nSPS) is 10.3. The summed E-state index contributed by atoms with van der Waals surface area (Å²) in [5.74, 6) is 0.644. The number of hydrogen-bond donors (Lipinski definition) is 2. The van der Waals surface area contributed by atoms with Crippen LogP contribution in [0.15, 0.2) is 41.8 Å². The molecule has 1 aromatic heterocycles. The van der Waals surface area contributed by atoms with E-state index in [4.69, 9.17) is 17.0 Å². The lowest BCUT2D eigenvalue weighted by Crippen LogP contribution is -2.33. The van der Waals surface area contributed by atoms with Crippen molar-refractivity contribution in [2.45, 2.75) is 39.0 Å². The zero-order valence-electron chi connectivity index (χ0n) is 14.4. The molecule has 0 aliphatic carbocycles. The Bertz CT molecular complexity index is 655. The highest BCUT2D eigenvalue weighted by atomic mass is 32.1. The van der Waals surface area contributed by atoms with Gasteiger partial charge in [0.15, 0.2) is 5.11 Å². The fourth-order valence-corrected chi connectivity index (χ4v) is 3.09. The number of hydrogen-bond acceptors (Lipinski definition) is 4. The van der Waals surface area contributed by atoms with Crippen molar-refractivity contribution in [1.29, 1.82) is 0 Å². The van der Waals surface area contributed by atoms with Crippen LogP contribution in [-0.4, -0.2) is 17.6 Å². The fraction of sp³-hybridized carbons (Fsp3) is 0.368. The second kappa shape index (κ2) is 10.8. The Kier molecular flexibility index (Phi) is 8.42. The highest BCUT2D eigenvalue weighted by Gasteiger charge is 2.08. The van der Waals surface area contributed by atoms with E-state index in [1.165, 1.54) is 37.0 Å². The van der Waals surface area contributed by atoms with Gasteiger partial charge in [-0.2, -0.15) is 0 Å². The van der Waals surface area contributed by atoms with E-state index >= 15 is 0 Å². The molecule has 4 nitrogen and oxygen atoms in total. The molecule has 1 aromatic carbocycles. The van der Waals surface area contributed by atoms with Crippen molar-refractivity contribution < 1.29 is 9.53 Å². The molecule has 0 bridgehead atoms.